The predicted octanol–water partition coefficient (Wildman–Crippen LogP) is 1.55. The van der Waals surface area contributed by atoms with Gasteiger partial charge in [0.1, 0.15) is 0 Å². The highest BCUT2D eigenvalue weighted by molar-refractivity contribution is 5.94. The number of likely N-dealkylation sites (tertiary alicyclic amines) is 1. The number of nitrogens with two attached hydrogens (primary N) is 1. The largest absolute Gasteiger partial charge is 0.334 e. The number of carbonyl (C=O) groups excluding carboxylic acids is 1. The number of hydrogen-bond acceptors (Lipinski definition) is 4. The Balaban J connectivity index is 2.16. The molecule has 19 heavy (non-hydrogen) atoms. The van der Waals surface area contributed by atoms with Gasteiger partial charge in [0.05, 0.1) is 4.92 Å². The van der Waals surface area contributed by atoms with Crippen molar-refractivity contribution < 1.29 is 9.72 Å². The number of amides is 1. The molecule has 102 valence electrons. The summed E-state index contributed by atoms with van der Waals surface area (Å²) in [6.45, 7) is 1.16. The average Bonchev–Trinajstić information content (AvgIpc) is 2.46. The Bertz CT molecular complexity index is 473. The van der Waals surface area contributed by atoms with Crippen LogP contribution in [0.2, 0.25) is 0 Å². The summed E-state index contributed by atoms with van der Waals surface area (Å²) >= 11 is 0. The van der Waals surface area contributed by atoms with Gasteiger partial charge >= 0.3 is 0 Å². The highest BCUT2D eigenvalue weighted by Gasteiger charge is 2.26. The van der Waals surface area contributed by atoms with E-state index in [9.17, 15) is 14.9 Å². The number of nitro groups is 1. The van der Waals surface area contributed by atoms with E-state index >= 15 is 0 Å². The minimum absolute atomic E-state index is 0.00873. The summed E-state index contributed by atoms with van der Waals surface area (Å²) in [6, 6.07) is 5.80. The van der Waals surface area contributed by atoms with Crippen LogP contribution in [-0.4, -0.2) is 34.9 Å². The molecular formula is C13H17N3O3. The Labute approximate surface area is 111 Å². The van der Waals surface area contributed by atoms with Crippen molar-refractivity contribution >= 4 is 11.6 Å². The number of nitrogens with zero attached hydrogens (tertiary/aromatic N) is 2. The first-order chi connectivity index (χ1) is 9.13. The zero-order valence-corrected chi connectivity index (χ0v) is 10.6. The van der Waals surface area contributed by atoms with Crippen LogP contribution in [0.5, 0.6) is 0 Å². The van der Waals surface area contributed by atoms with Gasteiger partial charge in [0, 0.05) is 36.8 Å². The van der Waals surface area contributed by atoms with E-state index < -0.39 is 4.92 Å². The lowest BCUT2D eigenvalue weighted by molar-refractivity contribution is -0.384. The summed E-state index contributed by atoms with van der Waals surface area (Å²) in [5, 5.41) is 10.6. The van der Waals surface area contributed by atoms with Crippen molar-refractivity contribution in [2.45, 2.75) is 25.3 Å². The molecule has 1 saturated heterocycles. The van der Waals surface area contributed by atoms with Crippen molar-refractivity contribution in [1.82, 2.24) is 4.90 Å². The first-order valence-electron chi connectivity index (χ1n) is 6.39. The first-order valence-corrected chi connectivity index (χ1v) is 6.39. The number of benzene rings is 1. The van der Waals surface area contributed by atoms with E-state index in [2.05, 4.69) is 0 Å². The van der Waals surface area contributed by atoms with Crippen LogP contribution in [0.25, 0.3) is 0 Å². The summed E-state index contributed by atoms with van der Waals surface area (Å²) in [5.41, 5.74) is 6.16. The molecule has 0 saturated carbocycles. The number of carbonyl (C=O) groups is 1. The molecule has 2 rings (SSSR count). The maximum atomic E-state index is 12.4. The molecule has 0 bridgehead atoms. The number of piperidine rings is 1. The fourth-order valence-electron chi connectivity index (χ4n) is 2.40. The third-order valence-corrected chi connectivity index (χ3v) is 3.49. The summed E-state index contributed by atoms with van der Waals surface area (Å²) in [5.74, 6) is -0.0925. The normalized spacial score (nSPS) is 19.2. The van der Waals surface area contributed by atoms with E-state index in [0.717, 1.165) is 19.3 Å². The summed E-state index contributed by atoms with van der Waals surface area (Å²) in [4.78, 5) is 24.2. The highest BCUT2D eigenvalue weighted by Crippen LogP contribution is 2.20. The molecule has 1 unspecified atom stereocenters. The van der Waals surface area contributed by atoms with Crippen molar-refractivity contribution in [3.63, 3.8) is 0 Å². The van der Waals surface area contributed by atoms with Crippen LogP contribution in [0.1, 0.15) is 29.6 Å². The van der Waals surface area contributed by atoms with Crippen LogP contribution in [-0.2, 0) is 0 Å². The van der Waals surface area contributed by atoms with Crippen LogP contribution in [0.3, 0.4) is 0 Å². The molecule has 1 aromatic carbocycles. The Morgan fingerprint density at radius 3 is 2.63 bits per heavy atom. The van der Waals surface area contributed by atoms with Crippen molar-refractivity contribution in [1.29, 1.82) is 0 Å². The van der Waals surface area contributed by atoms with Gasteiger partial charge in [0.15, 0.2) is 0 Å². The third kappa shape index (κ3) is 2.90. The molecule has 1 aromatic rings. The van der Waals surface area contributed by atoms with E-state index in [1.807, 2.05) is 0 Å². The quantitative estimate of drug-likeness (QED) is 0.661. The van der Waals surface area contributed by atoms with Gasteiger partial charge in [-0.15, -0.1) is 0 Å². The average molecular weight is 263 g/mol. The molecule has 1 amide bonds. The molecule has 1 aliphatic rings. The summed E-state index contributed by atoms with van der Waals surface area (Å²) in [6.07, 6.45) is 3.00. The van der Waals surface area contributed by atoms with E-state index in [1.165, 1.54) is 24.3 Å². The molecule has 1 heterocycles. The van der Waals surface area contributed by atoms with Crippen molar-refractivity contribution in [2.24, 2.45) is 5.73 Å². The van der Waals surface area contributed by atoms with Gasteiger partial charge in [-0.25, -0.2) is 0 Å². The Morgan fingerprint density at radius 2 is 2.05 bits per heavy atom. The Hall–Kier alpha value is -1.95. The number of non-ortho nitro benzene ring substituents is 1. The maximum absolute atomic E-state index is 12.4. The standard InChI is InChI=1S/C13H17N3O3/c14-9-12-3-1-2-8-15(12)13(17)10-4-6-11(7-5-10)16(18)19/h4-7,12H,1-3,8-9,14H2. The van der Waals surface area contributed by atoms with E-state index in [1.54, 1.807) is 4.90 Å². The van der Waals surface area contributed by atoms with Crippen LogP contribution >= 0.6 is 0 Å². The summed E-state index contributed by atoms with van der Waals surface area (Å²) in [7, 11) is 0. The maximum Gasteiger partial charge on any atom is 0.269 e. The van der Waals surface area contributed by atoms with Gasteiger partial charge in [0.2, 0.25) is 0 Å². The van der Waals surface area contributed by atoms with Gasteiger partial charge in [0.25, 0.3) is 11.6 Å². The van der Waals surface area contributed by atoms with E-state index in [0.29, 0.717) is 18.7 Å². The highest BCUT2D eigenvalue weighted by atomic mass is 16.6. The van der Waals surface area contributed by atoms with Crippen LogP contribution in [0, 0.1) is 10.1 Å². The molecule has 1 fully saturated rings. The van der Waals surface area contributed by atoms with E-state index in [-0.39, 0.29) is 17.6 Å². The van der Waals surface area contributed by atoms with Crippen LogP contribution < -0.4 is 5.73 Å². The van der Waals surface area contributed by atoms with Gasteiger partial charge in [-0.1, -0.05) is 0 Å². The second-order valence-electron chi connectivity index (χ2n) is 4.69. The molecule has 1 aliphatic heterocycles. The Morgan fingerprint density at radius 1 is 1.37 bits per heavy atom. The van der Waals surface area contributed by atoms with Gasteiger partial charge in [-0.05, 0) is 31.4 Å². The monoisotopic (exact) mass is 263 g/mol. The second kappa shape index (κ2) is 5.79. The lowest BCUT2D eigenvalue weighted by Gasteiger charge is -2.35. The molecule has 1 atom stereocenters. The lowest BCUT2D eigenvalue weighted by atomic mass is 10.0. The molecule has 6 nitrogen and oxygen atoms in total. The molecule has 0 aliphatic carbocycles. The SMILES string of the molecule is NCC1CCCCN1C(=O)c1ccc([N+](=O)[O-])cc1. The Kier molecular flexibility index (Phi) is 4.11. The number of rotatable bonds is 3. The second-order valence-corrected chi connectivity index (χ2v) is 4.69. The smallest absolute Gasteiger partial charge is 0.269 e. The van der Waals surface area contributed by atoms with Crippen molar-refractivity contribution in [3.05, 3.63) is 39.9 Å². The zero-order chi connectivity index (χ0) is 13.8. The van der Waals surface area contributed by atoms with Gasteiger partial charge < -0.3 is 10.6 Å². The minimum atomic E-state index is -0.474. The molecule has 2 N–H and O–H groups in total. The number of hydrogen-bond donors (Lipinski definition) is 1. The fourth-order valence-corrected chi connectivity index (χ4v) is 2.40. The molecule has 0 radical (unpaired) electrons. The predicted molar refractivity (Wildman–Crippen MR) is 70.8 cm³/mol. The van der Waals surface area contributed by atoms with Gasteiger partial charge in [-0.2, -0.15) is 0 Å². The van der Waals surface area contributed by atoms with Crippen molar-refractivity contribution in [2.75, 3.05) is 13.1 Å². The fraction of sp³-hybridized carbons (Fsp3) is 0.462. The topological polar surface area (TPSA) is 89.5 Å². The first kappa shape index (κ1) is 13.5. The molecule has 6 heteroatoms. The molecular weight excluding hydrogens is 246 g/mol. The zero-order valence-electron chi connectivity index (χ0n) is 10.6. The minimum Gasteiger partial charge on any atom is -0.334 e. The number of nitro benzene ring substituents is 1. The lowest BCUT2D eigenvalue weighted by Crippen LogP contribution is -2.47. The summed E-state index contributed by atoms with van der Waals surface area (Å²) < 4.78 is 0. The van der Waals surface area contributed by atoms with Gasteiger partial charge in [-0.3, -0.25) is 14.9 Å². The van der Waals surface area contributed by atoms with Crippen molar-refractivity contribution in [3.8, 4) is 0 Å². The van der Waals surface area contributed by atoms with E-state index in [4.69, 9.17) is 5.73 Å². The molecule has 0 spiro atoms. The van der Waals surface area contributed by atoms with Crippen LogP contribution in [0.15, 0.2) is 24.3 Å². The molecule has 0 aromatic heterocycles. The third-order valence-electron chi connectivity index (χ3n) is 3.49. The van der Waals surface area contributed by atoms with Crippen LogP contribution in [0.4, 0.5) is 5.69 Å².